The molecule has 0 saturated carbocycles. The van der Waals surface area contributed by atoms with Crippen molar-refractivity contribution in [3.63, 3.8) is 0 Å². The van der Waals surface area contributed by atoms with Gasteiger partial charge in [-0.3, -0.25) is 9.78 Å². The Morgan fingerprint density at radius 1 is 1.23 bits per heavy atom. The fraction of sp³-hybridized carbons (Fsp3) is 0.344. The van der Waals surface area contributed by atoms with Gasteiger partial charge in [-0.25, -0.2) is 4.39 Å². The Morgan fingerprint density at radius 2 is 2.09 bits per heavy atom. The van der Waals surface area contributed by atoms with Crippen LogP contribution in [0.4, 0.5) is 10.2 Å². The molecule has 9 nitrogen and oxygen atoms in total. The molecule has 0 spiro atoms. The normalized spacial score (nSPS) is 19.1. The summed E-state index contributed by atoms with van der Waals surface area (Å²) in [4.78, 5) is 32.8. The maximum Gasteiger partial charge on any atom is 0.319 e. The minimum Gasteiger partial charge on any atom is -0.462 e. The number of carbonyl (C=O) groups excluding carboxylic acids is 1. The molecule has 2 saturated heterocycles. The average Bonchev–Trinajstić information content (AvgIpc) is 3.44. The molecular formula is C32H31ClFN7O2. The highest BCUT2D eigenvalue weighted by Gasteiger charge is 2.32. The van der Waals surface area contributed by atoms with E-state index in [2.05, 4.69) is 24.6 Å². The van der Waals surface area contributed by atoms with Crippen LogP contribution in [0.5, 0.6) is 6.01 Å². The quantitative estimate of drug-likeness (QED) is 0.267. The molecule has 43 heavy (non-hydrogen) atoms. The van der Waals surface area contributed by atoms with E-state index < -0.39 is 5.82 Å². The van der Waals surface area contributed by atoms with Crippen LogP contribution in [-0.2, 0) is 4.79 Å². The van der Waals surface area contributed by atoms with Gasteiger partial charge in [0.15, 0.2) is 5.82 Å². The Balaban J connectivity index is 1.43. The third-order valence-electron chi connectivity index (χ3n) is 8.39. The summed E-state index contributed by atoms with van der Waals surface area (Å²) >= 11 is 6.44. The van der Waals surface area contributed by atoms with Gasteiger partial charge in [0.25, 0.3) is 0 Å². The first-order valence-corrected chi connectivity index (χ1v) is 14.7. The number of benzene rings is 2. The first-order chi connectivity index (χ1) is 20.9. The summed E-state index contributed by atoms with van der Waals surface area (Å²) < 4.78 is 20.7. The number of piperazine rings is 1. The van der Waals surface area contributed by atoms with E-state index in [1.54, 1.807) is 17.2 Å². The van der Waals surface area contributed by atoms with Gasteiger partial charge in [0.2, 0.25) is 5.91 Å². The Hall–Kier alpha value is -4.33. The van der Waals surface area contributed by atoms with Crippen LogP contribution >= 0.6 is 11.6 Å². The molecule has 4 aromatic rings. The summed E-state index contributed by atoms with van der Waals surface area (Å²) in [6.07, 6.45) is 5.32. The SMILES string of the molecule is C=CC(=O)N1CCN(c2nc(OC[C@@H]3CCCN3C)nc3cc(-c4cccc5ccc(F)c(Cl)c45)cnc23)C[C@@H]1CC#N. The molecule has 2 aromatic carbocycles. The number of rotatable bonds is 7. The third kappa shape index (κ3) is 5.58. The number of halogens is 2. The molecule has 220 valence electrons. The highest BCUT2D eigenvalue weighted by molar-refractivity contribution is 6.36. The zero-order valence-corrected chi connectivity index (χ0v) is 24.6. The summed E-state index contributed by atoms with van der Waals surface area (Å²) in [6.45, 7) is 6.37. The van der Waals surface area contributed by atoms with E-state index in [9.17, 15) is 14.4 Å². The number of fused-ring (bicyclic) bond motifs is 2. The van der Waals surface area contributed by atoms with Gasteiger partial charge in [-0.05, 0) is 55.6 Å². The van der Waals surface area contributed by atoms with Gasteiger partial charge >= 0.3 is 6.01 Å². The lowest BCUT2D eigenvalue weighted by molar-refractivity contribution is -0.128. The number of nitriles is 1. The van der Waals surface area contributed by atoms with Crippen LogP contribution in [0, 0.1) is 17.1 Å². The smallest absolute Gasteiger partial charge is 0.319 e. The van der Waals surface area contributed by atoms with Crippen LogP contribution in [0.2, 0.25) is 5.02 Å². The monoisotopic (exact) mass is 599 g/mol. The predicted molar refractivity (Wildman–Crippen MR) is 165 cm³/mol. The van der Waals surface area contributed by atoms with Crippen molar-refractivity contribution in [3.8, 4) is 23.2 Å². The van der Waals surface area contributed by atoms with Gasteiger partial charge in [-0.1, -0.05) is 42.4 Å². The van der Waals surface area contributed by atoms with Crippen LogP contribution in [-0.4, -0.2) is 82.6 Å². The average molecular weight is 600 g/mol. The van der Waals surface area contributed by atoms with Crippen LogP contribution in [0.3, 0.4) is 0 Å². The fourth-order valence-electron chi connectivity index (χ4n) is 6.06. The lowest BCUT2D eigenvalue weighted by Gasteiger charge is -2.40. The van der Waals surface area contributed by atoms with Crippen LogP contribution in [0.15, 0.2) is 55.3 Å². The molecule has 0 N–H and O–H groups in total. The molecule has 2 aliphatic heterocycles. The van der Waals surface area contributed by atoms with Gasteiger partial charge in [0.05, 0.1) is 29.1 Å². The molecule has 11 heteroatoms. The summed E-state index contributed by atoms with van der Waals surface area (Å²) in [6, 6.07) is 13.0. The van der Waals surface area contributed by atoms with Crippen LogP contribution in [0.25, 0.3) is 32.9 Å². The number of aromatic nitrogens is 3. The van der Waals surface area contributed by atoms with Crippen molar-refractivity contribution in [2.75, 3.05) is 44.7 Å². The maximum atomic E-state index is 14.5. The number of likely N-dealkylation sites (tertiary alicyclic amines) is 1. The molecule has 2 atom stereocenters. The van der Waals surface area contributed by atoms with E-state index in [0.717, 1.165) is 35.9 Å². The van der Waals surface area contributed by atoms with Gasteiger partial charge in [-0.2, -0.15) is 15.2 Å². The van der Waals surface area contributed by atoms with Crippen molar-refractivity contribution < 1.29 is 13.9 Å². The van der Waals surface area contributed by atoms with Gasteiger partial charge in [-0.15, -0.1) is 0 Å². The number of pyridine rings is 1. The number of hydrogen-bond acceptors (Lipinski definition) is 8. The number of likely N-dealkylation sites (N-methyl/N-ethyl adjacent to an activating group) is 1. The van der Waals surface area contributed by atoms with E-state index in [1.807, 2.05) is 29.2 Å². The summed E-state index contributed by atoms with van der Waals surface area (Å²) in [7, 11) is 2.08. The molecule has 0 bridgehead atoms. The number of carbonyl (C=O) groups is 1. The van der Waals surface area contributed by atoms with Crippen LogP contribution < -0.4 is 9.64 Å². The highest BCUT2D eigenvalue weighted by Crippen LogP contribution is 2.37. The van der Waals surface area contributed by atoms with E-state index in [-0.39, 0.29) is 35.4 Å². The summed E-state index contributed by atoms with van der Waals surface area (Å²) in [5.41, 5.74) is 2.58. The lowest BCUT2D eigenvalue weighted by atomic mass is 9.99. The summed E-state index contributed by atoms with van der Waals surface area (Å²) in [5.74, 6) is -0.124. The molecule has 4 heterocycles. The zero-order valence-electron chi connectivity index (χ0n) is 23.8. The number of ether oxygens (including phenoxy) is 1. The largest absolute Gasteiger partial charge is 0.462 e. The first kappa shape index (κ1) is 28.8. The van der Waals surface area contributed by atoms with Crippen molar-refractivity contribution in [1.29, 1.82) is 5.26 Å². The first-order valence-electron chi connectivity index (χ1n) is 14.3. The van der Waals surface area contributed by atoms with E-state index in [1.165, 1.54) is 12.1 Å². The van der Waals surface area contributed by atoms with Crippen molar-refractivity contribution in [2.24, 2.45) is 0 Å². The van der Waals surface area contributed by atoms with Gasteiger partial charge in [0, 0.05) is 42.8 Å². The lowest BCUT2D eigenvalue weighted by Crippen LogP contribution is -2.55. The minimum atomic E-state index is -0.492. The van der Waals surface area contributed by atoms with Gasteiger partial charge < -0.3 is 19.4 Å². The highest BCUT2D eigenvalue weighted by atomic mass is 35.5. The van der Waals surface area contributed by atoms with Crippen molar-refractivity contribution in [1.82, 2.24) is 24.8 Å². The second-order valence-electron chi connectivity index (χ2n) is 11.0. The predicted octanol–water partition coefficient (Wildman–Crippen LogP) is 5.23. The van der Waals surface area contributed by atoms with Crippen molar-refractivity contribution in [2.45, 2.75) is 31.3 Å². The number of amides is 1. The molecular weight excluding hydrogens is 569 g/mol. The number of anilines is 1. The molecule has 0 aliphatic carbocycles. The Bertz CT molecular complexity index is 1760. The summed E-state index contributed by atoms with van der Waals surface area (Å²) in [5, 5.41) is 10.9. The number of nitrogens with zero attached hydrogens (tertiary/aromatic N) is 7. The molecule has 1 amide bonds. The third-order valence-corrected chi connectivity index (χ3v) is 8.76. The Kier molecular flexibility index (Phi) is 8.10. The molecule has 2 fully saturated rings. The standard InChI is InChI=1S/C32H31ClFN7O2/c1-3-27(42)41-15-14-40(18-22(41)11-12-35)31-30-26(37-32(38-31)43-19-23-7-5-13-39(23)2)16-21(17-36-30)24-8-4-6-20-9-10-25(34)29(33)28(20)24/h3-4,6,8-10,16-17,22-23H,1,5,7,11,13-15,18-19H2,2H3/t22-,23-/m0/s1. The molecule has 2 aliphatic rings. The maximum absolute atomic E-state index is 14.5. The molecule has 2 aromatic heterocycles. The van der Waals surface area contributed by atoms with E-state index >= 15 is 0 Å². The molecule has 0 unspecified atom stereocenters. The Morgan fingerprint density at radius 3 is 2.86 bits per heavy atom. The Labute approximate surface area is 254 Å². The second kappa shape index (κ2) is 12.1. The zero-order chi connectivity index (χ0) is 30.1. The number of hydrogen-bond donors (Lipinski definition) is 0. The molecule has 0 radical (unpaired) electrons. The van der Waals surface area contributed by atoms with Crippen LogP contribution in [0.1, 0.15) is 19.3 Å². The van der Waals surface area contributed by atoms with Gasteiger partial charge in [0.1, 0.15) is 17.9 Å². The van der Waals surface area contributed by atoms with E-state index in [0.29, 0.717) is 48.5 Å². The molecule has 6 rings (SSSR count). The van der Waals surface area contributed by atoms with Crippen molar-refractivity contribution >= 4 is 45.1 Å². The van der Waals surface area contributed by atoms with E-state index in [4.69, 9.17) is 31.3 Å². The topological polar surface area (TPSA) is 98.5 Å². The van der Waals surface area contributed by atoms with Crippen molar-refractivity contribution in [3.05, 3.63) is 66.1 Å². The second-order valence-corrected chi connectivity index (χ2v) is 11.4. The fourth-order valence-corrected chi connectivity index (χ4v) is 6.33. The minimum absolute atomic E-state index is 0.0526.